The Morgan fingerprint density at radius 3 is 1.55 bits per heavy atom. The Balaban J connectivity index is 1.16. The van der Waals surface area contributed by atoms with Gasteiger partial charge in [-0.05, 0) is 71.2 Å². The summed E-state index contributed by atoms with van der Waals surface area (Å²) in [5.41, 5.74) is 17.3. The number of nitrogen functional groups attached to an aromatic ring is 2. The quantitative estimate of drug-likeness (QED) is 0.141. The smallest absolute Gasteiger partial charge is 0.407 e. The molecule has 3 heterocycles. The van der Waals surface area contributed by atoms with Crippen molar-refractivity contribution in [2.24, 2.45) is 11.8 Å². The van der Waals surface area contributed by atoms with Crippen molar-refractivity contribution in [1.82, 2.24) is 20.4 Å². The lowest BCUT2D eigenvalue weighted by Gasteiger charge is -2.30. The van der Waals surface area contributed by atoms with Crippen molar-refractivity contribution in [2.75, 3.05) is 62.6 Å². The standard InChI is InChI=1S/C44H56N8O10/c1-24(2)36(49-42(57)59-5)40(55)51-17-7-8-34(51)38(53)47-32-20-28(13-15-30(32)45)26-9-11-27(12-10-26)29-14-16-31(46)33(21-29)48-39(54)35-22-44(61-18-19-62-44)23-52(35)41(56)37(25(3)4)50-43(58)60-6/h9-16,20-21,24-25,34-37H,7-8,17-19,22-23,45-46H2,1-6H3,(H,47,53)(H,48,54)(H,49,57)(H,50,58). The minimum Gasteiger partial charge on any atom is -0.453 e. The van der Waals surface area contributed by atoms with E-state index in [9.17, 15) is 28.8 Å². The van der Waals surface area contributed by atoms with Crippen LogP contribution in [0.15, 0.2) is 60.7 Å². The molecule has 3 aliphatic heterocycles. The first-order valence-electron chi connectivity index (χ1n) is 20.6. The highest BCUT2D eigenvalue weighted by atomic mass is 16.7. The average Bonchev–Trinajstić information content (AvgIpc) is 4.03. The van der Waals surface area contributed by atoms with Crippen LogP contribution in [0.4, 0.5) is 32.3 Å². The van der Waals surface area contributed by atoms with Crippen LogP contribution in [0, 0.1) is 11.8 Å². The van der Waals surface area contributed by atoms with E-state index in [1.807, 2.05) is 36.4 Å². The van der Waals surface area contributed by atoms with Gasteiger partial charge >= 0.3 is 12.2 Å². The maximum atomic E-state index is 14.0. The Morgan fingerprint density at radius 1 is 0.661 bits per heavy atom. The number of anilines is 4. The molecule has 0 saturated carbocycles. The first-order valence-corrected chi connectivity index (χ1v) is 20.6. The minimum absolute atomic E-state index is 0.00362. The van der Waals surface area contributed by atoms with Gasteiger partial charge < -0.3 is 61.5 Å². The van der Waals surface area contributed by atoms with E-state index in [2.05, 4.69) is 21.3 Å². The number of carbonyl (C=O) groups excluding carboxylic acids is 6. The molecule has 62 heavy (non-hydrogen) atoms. The number of carbonyl (C=O) groups is 6. The number of benzene rings is 3. The van der Waals surface area contributed by atoms with Gasteiger partial charge in [-0.25, -0.2) is 9.59 Å². The molecule has 8 N–H and O–H groups in total. The molecule has 3 aromatic carbocycles. The van der Waals surface area contributed by atoms with Crippen LogP contribution in [-0.2, 0) is 38.1 Å². The van der Waals surface area contributed by atoms with Gasteiger partial charge in [0.2, 0.25) is 23.6 Å². The van der Waals surface area contributed by atoms with Crippen molar-refractivity contribution in [2.45, 2.75) is 76.9 Å². The van der Waals surface area contributed by atoms with Crippen molar-refractivity contribution in [1.29, 1.82) is 0 Å². The second-order valence-corrected chi connectivity index (χ2v) is 16.4. The van der Waals surface area contributed by atoms with E-state index in [0.29, 0.717) is 55.3 Å². The van der Waals surface area contributed by atoms with E-state index in [4.69, 9.17) is 30.4 Å². The number of rotatable bonds is 12. The molecular formula is C44H56N8O10. The highest BCUT2D eigenvalue weighted by Gasteiger charge is 2.54. The van der Waals surface area contributed by atoms with Crippen molar-refractivity contribution in [3.05, 3.63) is 60.7 Å². The van der Waals surface area contributed by atoms with Gasteiger partial charge in [0.1, 0.15) is 24.2 Å². The fraction of sp³-hybridized carbons (Fsp3) is 0.455. The molecule has 1 spiro atoms. The Hall–Kier alpha value is -6.40. The van der Waals surface area contributed by atoms with E-state index in [1.165, 1.54) is 24.0 Å². The molecule has 4 unspecified atom stereocenters. The van der Waals surface area contributed by atoms with Gasteiger partial charge in [-0.3, -0.25) is 19.2 Å². The number of methoxy groups -OCH3 is 2. The molecule has 332 valence electrons. The molecule has 0 aromatic heterocycles. The zero-order valence-electron chi connectivity index (χ0n) is 35.8. The van der Waals surface area contributed by atoms with E-state index < -0.39 is 54.0 Å². The van der Waals surface area contributed by atoms with Crippen molar-refractivity contribution >= 4 is 58.6 Å². The van der Waals surface area contributed by atoms with E-state index in [1.54, 1.807) is 52.0 Å². The Kier molecular flexibility index (Phi) is 13.9. The van der Waals surface area contributed by atoms with Crippen molar-refractivity contribution in [3.63, 3.8) is 0 Å². The van der Waals surface area contributed by atoms with Gasteiger partial charge in [0.25, 0.3) is 0 Å². The number of nitrogens with one attached hydrogen (secondary N) is 4. The summed E-state index contributed by atoms with van der Waals surface area (Å²) >= 11 is 0. The number of amides is 6. The lowest BCUT2D eigenvalue weighted by molar-refractivity contribution is -0.153. The summed E-state index contributed by atoms with van der Waals surface area (Å²) < 4.78 is 21.3. The largest absolute Gasteiger partial charge is 0.453 e. The molecule has 3 aromatic rings. The summed E-state index contributed by atoms with van der Waals surface area (Å²) in [6.45, 7) is 8.17. The molecule has 18 nitrogen and oxygen atoms in total. The summed E-state index contributed by atoms with van der Waals surface area (Å²) in [5.74, 6) is -3.43. The Labute approximate surface area is 360 Å². The number of hydrogen-bond donors (Lipinski definition) is 6. The molecule has 3 aliphatic rings. The molecule has 4 atom stereocenters. The fourth-order valence-corrected chi connectivity index (χ4v) is 8.05. The maximum absolute atomic E-state index is 14.0. The van der Waals surface area contributed by atoms with Crippen molar-refractivity contribution in [3.8, 4) is 22.3 Å². The molecule has 18 heteroatoms. The van der Waals surface area contributed by atoms with Gasteiger partial charge in [-0.1, -0.05) is 64.1 Å². The first-order chi connectivity index (χ1) is 29.5. The van der Waals surface area contributed by atoms with Gasteiger partial charge in [0, 0.05) is 13.0 Å². The van der Waals surface area contributed by atoms with Crippen LogP contribution < -0.4 is 32.7 Å². The average molecular weight is 857 g/mol. The highest BCUT2D eigenvalue weighted by molar-refractivity contribution is 6.02. The number of nitrogens with zero attached hydrogens (tertiary/aromatic N) is 2. The fourth-order valence-electron chi connectivity index (χ4n) is 8.05. The van der Waals surface area contributed by atoms with Crippen LogP contribution in [-0.4, -0.2) is 116 Å². The van der Waals surface area contributed by atoms with Gasteiger partial charge in [-0.2, -0.15) is 0 Å². The number of hydrogen-bond acceptors (Lipinski definition) is 12. The van der Waals surface area contributed by atoms with Gasteiger partial charge in [-0.15, -0.1) is 0 Å². The molecule has 6 rings (SSSR count). The summed E-state index contributed by atoms with van der Waals surface area (Å²) in [7, 11) is 2.43. The monoisotopic (exact) mass is 856 g/mol. The van der Waals surface area contributed by atoms with Crippen LogP contribution >= 0.6 is 0 Å². The van der Waals surface area contributed by atoms with Crippen molar-refractivity contribution < 1.29 is 47.7 Å². The number of alkyl carbamates (subject to hydrolysis) is 2. The first kappa shape index (κ1) is 45.1. The second-order valence-electron chi connectivity index (χ2n) is 16.4. The van der Waals surface area contributed by atoms with Crippen LogP contribution in [0.5, 0.6) is 0 Å². The third-order valence-corrected chi connectivity index (χ3v) is 11.5. The molecule has 6 amide bonds. The third-order valence-electron chi connectivity index (χ3n) is 11.5. The number of ether oxygens (including phenoxy) is 4. The van der Waals surface area contributed by atoms with Crippen LogP contribution in [0.1, 0.15) is 47.0 Å². The van der Waals surface area contributed by atoms with Gasteiger partial charge in [0.15, 0.2) is 5.79 Å². The predicted molar refractivity (Wildman–Crippen MR) is 231 cm³/mol. The molecule has 3 fully saturated rings. The summed E-state index contributed by atoms with van der Waals surface area (Å²) in [5, 5.41) is 11.0. The topological polar surface area (TPSA) is 246 Å². The zero-order chi connectivity index (χ0) is 44.9. The Bertz CT molecular complexity index is 2170. The second kappa shape index (κ2) is 19.1. The van der Waals surface area contributed by atoms with Gasteiger partial charge in [0.05, 0.1) is 56.7 Å². The lowest BCUT2D eigenvalue weighted by Crippen LogP contribution is -2.54. The Morgan fingerprint density at radius 2 is 1.10 bits per heavy atom. The number of likely N-dealkylation sites (tertiary alicyclic amines) is 2. The third kappa shape index (κ3) is 9.87. The summed E-state index contributed by atoms with van der Waals surface area (Å²) in [4.78, 5) is 82.1. The van der Waals surface area contributed by atoms with E-state index in [-0.39, 0.29) is 36.6 Å². The van der Waals surface area contributed by atoms with E-state index in [0.717, 1.165) is 22.3 Å². The molecule has 0 bridgehead atoms. The normalized spacial score (nSPS) is 19.0. The number of nitrogens with two attached hydrogens (primary N) is 2. The molecule has 0 aliphatic carbocycles. The summed E-state index contributed by atoms with van der Waals surface area (Å²) in [6.07, 6.45) is -0.332. The maximum Gasteiger partial charge on any atom is 0.407 e. The highest BCUT2D eigenvalue weighted by Crippen LogP contribution is 2.37. The summed E-state index contributed by atoms with van der Waals surface area (Å²) in [6, 6.07) is 14.6. The van der Waals surface area contributed by atoms with Crippen LogP contribution in [0.3, 0.4) is 0 Å². The molecule has 0 radical (unpaired) electrons. The van der Waals surface area contributed by atoms with E-state index >= 15 is 0 Å². The lowest BCUT2D eigenvalue weighted by atomic mass is 9.99. The minimum atomic E-state index is -1.16. The van der Waals surface area contributed by atoms with Crippen LogP contribution in [0.2, 0.25) is 0 Å². The molecular weight excluding hydrogens is 801 g/mol. The SMILES string of the molecule is COC(=O)NC(C(=O)N1CCCC1C(=O)Nc1cc(-c2ccc(-c3ccc(N)c(NC(=O)C4CC5(CN4C(=O)C(NC(=O)OC)C(C)C)OCCO5)c3)cc2)ccc1N)C(C)C. The molecule has 3 saturated heterocycles. The van der Waals surface area contributed by atoms with Crippen LogP contribution in [0.25, 0.3) is 22.3 Å². The predicted octanol–water partition coefficient (Wildman–Crippen LogP) is 4.16. The zero-order valence-corrected chi connectivity index (χ0v) is 35.8.